The first-order valence-corrected chi connectivity index (χ1v) is 10.7. The van der Waals surface area contributed by atoms with Gasteiger partial charge in [0.25, 0.3) is 21.6 Å². The van der Waals surface area contributed by atoms with Crippen molar-refractivity contribution in [2.75, 3.05) is 11.3 Å². The average molecular weight is 461 g/mol. The Hall–Kier alpha value is -3.86. The summed E-state index contributed by atoms with van der Waals surface area (Å²) in [6.07, 6.45) is -0.105. The third kappa shape index (κ3) is 5.24. The second kappa shape index (κ2) is 9.52. The van der Waals surface area contributed by atoms with Crippen LogP contribution in [0.3, 0.4) is 0 Å². The van der Waals surface area contributed by atoms with Crippen molar-refractivity contribution in [1.82, 2.24) is 5.32 Å². The molecule has 0 saturated carbocycles. The Morgan fingerprint density at radius 1 is 0.969 bits per heavy atom. The molecule has 0 heterocycles. The maximum Gasteiger partial charge on any atom is 0.270 e. The number of nitrogens with one attached hydrogen (secondary N) is 2. The number of amides is 1. The van der Waals surface area contributed by atoms with Crippen molar-refractivity contribution in [2.45, 2.75) is 11.3 Å². The standard InChI is InChI=1S/C21H17F2N3O5S/c22-18-8-4-9-19(23)16(18)11-12-24-21(27)17-7-1-2-10-20(17)25-32(30,31)15-6-3-5-14(13-15)26(28)29/h1-10,13,25H,11-12H2,(H,24,27). The summed E-state index contributed by atoms with van der Waals surface area (Å²) in [4.78, 5) is 22.4. The van der Waals surface area contributed by atoms with Gasteiger partial charge in [-0.15, -0.1) is 0 Å². The fourth-order valence-corrected chi connectivity index (χ4v) is 4.02. The number of non-ortho nitro benzene ring substituents is 1. The van der Waals surface area contributed by atoms with Gasteiger partial charge >= 0.3 is 0 Å². The number of sulfonamides is 1. The zero-order valence-electron chi connectivity index (χ0n) is 16.4. The Morgan fingerprint density at radius 2 is 1.62 bits per heavy atom. The Balaban J connectivity index is 1.76. The fraction of sp³-hybridized carbons (Fsp3) is 0.0952. The summed E-state index contributed by atoms with van der Waals surface area (Å²) in [5.41, 5.74) is -0.671. The van der Waals surface area contributed by atoms with E-state index in [9.17, 15) is 32.1 Å². The second-order valence-corrected chi connectivity index (χ2v) is 8.29. The number of carbonyl (C=O) groups is 1. The lowest BCUT2D eigenvalue weighted by Crippen LogP contribution is -2.27. The molecule has 0 fully saturated rings. The molecule has 0 radical (unpaired) electrons. The van der Waals surface area contributed by atoms with E-state index < -0.39 is 38.2 Å². The topological polar surface area (TPSA) is 118 Å². The van der Waals surface area contributed by atoms with Gasteiger partial charge < -0.3 is 5.32 Å². The van der Waals surface area contributed by atoms with Gasteiger partial charge in [-0.25, -0.2) is 17.2 Å². The number of carbonyl (C=O) groups excluding carboxylic acids is 1. The molecule has 0 unspecified atom stereocenters. The Morgan fingerprint density at radius 3 is 2.31 bits per heavy atom. The molecule has 3 rings (SSSR count). The van der Waals surface area contributed by atoms with Gasteiger partial charge in [-0.1, -0.05) is 24.3 Å². The van der Waals surface area contributed by atoms with E-state index in [1.165, 1.54) is 42.5 Å². The molecular formula is C21H17F2N3O5S. The number of rotatable bonds is 8. The number of anilines is 1. The van der Waals surface area contributed by atoms with Crippen LogP contribution in [0.2, 0.25) is 0 Å². The molecular weight excluding hydrogens is 444 g/mol. The van der Waals surface area contributed by atoms with Gasteiger partial charge in [0.05, 0.1) is 21.1 Å². The molecule has 0 aliphatic carbocycles. The third-order valence-electron chi connectivity index (χ3n) is 4.48. The first-order valence-electron chi connectivity index (χ1n) is 9.26. The minimum Gasteiger partial charge on any atom is -0.352 e. The Kier molecular flexibility index (Phi) is 6.79. The van der Waals surface area contributed by atoms with Crippen molar-refractivity contribution in [3.8, 4) is 0 Å². The maximum absolute atomic E-state index is 13.7. The molecule has 0 aromatic heterocycles. The zero-order chi connectivity index (χ0) is 23.3. The fourth-order valence-electron chi connectivity index (χ4n) is 2.91. The van der Waals surface area contributed by atoms with E-state index in [0.29, 0.717) is 0 Å². The highest BCUT2D eigenvalue weighted by Crippen LogP contribution is 2.23. The SMILES string of the molecule is O=C(NCCc1c(F)cccc1F)c1ccccc1NS(=O)(=O)c1cccc([N+](=O)[O-])c1. The molecule has 2 N–H and O–H groups in total. The quantitative estimate of drug-likeness (QED) is 0.392. The second-order valence-electron chi connectivity index (χ2n) is 6.61. The van der Waals surface area contributed by atoms with Gasteiger partial charge in [-0.05, 0) is 36.8 Å². The number of para-hydroxylation sites is 1. The van der Waals surface area contributed by atoms with E-state index in [0.717, 1.165) is 24.3 Å². The zero-order valence-corrected chi connectivity index (χ0v) is 17.2. The first-order chi connectivity index (χ1) is 15.2. The van der Waals surface area contributed by atoms with E-state index in [-0.39, 0.29) is 34.7 Å². The summed E-state index contributed by atoms with van der Waals surface area (Å²) in [6.45, 7) is -0.0946. The molecule has 1 amide bonds. The molecule has 32 heavy (non-hydrogen) atoms. The third-order valence-corrected chi connectivity index (χ3v) is 5.84. The summed E-state index contributed by atoms with van der Waals surface area (Å²) >= 11 is 0. The highest BCUT2D eigenvalue weighted by molar-refractivity contribution is 7.92. The van der Waals surface area contributed by atoms with Gasteiger partial charge in [0.15, 0.2) is 0 Å². The van der Waals surface area contributed by atoms with Crippen LogP contribution < -0.4 is 10.0 Å². The lowest BCUT2D eigenvalue weighted by atomic mass is 10.1. The van der Waals surface area contributed by atoms with Crippen LogP contribution in [-0.4, -0.2) is 25.8 Å². The molecule has 0 aliphatic heterocycles. The Labute approximate surface area is 182 Å². The van der Waals surface area contributed by atoms with Crippen LogP contribution in [0.15, 0.2) is 71.6 Å². The lowest BCUT2D eigenvalue weighted by Gasteiger charge is -2.13. The summed E-state index contributed by atoms with van der Waals surface area (Å²) in [6, 6.07) is 13.6. The molecule has 0 bridgehead atoms. The first kappa shape index (κ1) is 22.8. The molecule has 0 atom stereocenters. The van der Waals surface area contributed by atoms with E-state index in [1.807, 2.05) is 0 Å². The molecule has 3 aromatic rings. The highest BCUT2D eigenvalue weighted by atomic mass is 32.2. The molecule has 0 saturated heterocycles. The Bertz CT molecular complexity index is 1260. The number of nitro benzene ring substituents is 1. The van der Waals surface area contributed by atoms with Crippen LogP contribution in [0.1, 0.15) is 15.9 Å². The maximum atomic E-state index is 13.7. The van der Waals surface area contributed by atoms with Crippen molar-refractivity contribution in [2.24, 2.45) is 0 Å². The molecule has 11 heteroatoms. The van der Waals surface area contributed by atoms with Crippen molar-refractivity contribution in [1.29, 1.82) is 0 Å². The predicted molar refractivity (Wildman–Crippen MR) is 113 cm³/mol. The van der Waals surface area contributed by atoms with Crippen molar-refractivity contribution < 1.29 is 26.9 Å². The minimum absolute atomic E-state index is 0.0319. The average Bonchev–Trinajstić information content (AvgIpc) is 2.76. The van der Waals surface area contributed by atoms with Gasteiger partial charge in [-0.3, -0.25) is 19.6 Å². The van der Waals surface area contributed by atoms with Crippen LogP contribution in [0.25, 0.3) is 0 Å². The van der Waals surface area contributed by atoms with Gasteiger partial charge in [0.1, 0.15) is 11.6 Å². The van der Waals surface area contributed by atoms with Gasteiger partial charge in [-0.2, -0.15) is 0 Å². The van der Waals surface area contributed by atoms with Crippen LogP contribution in [0.4, 0.5) is 20.2 Å². The van der Waals surface area contributed by atoms with Crippen LogP contribution >= 0.6 is 0 Å². The highest BCUT2D eigenvalue weighted by Gasteiger charge is 2.21. The normalized spacial score (nSPS) is 11.1. The smallest absolute Gasteiger partial charge is 0.270 e. The van der Waals surface area contributed by atoms with E-state index in [1.54, 1.807) is 0 Å². The number of nitrogens with zero attached hydrogens (tertiary/aromatic N) is 1. The van der Waals surface area contributed by atoms with Crippen molar-refractivity contribution in [3.05, 3.63) is 99.6 Å². The minimum atomic E-state index is -4.23. The number of hydrogen-bond donors (Lipinski definition) is 2. The van der Waals surface area contributed by atoms with E-state index >= 15 is 0 Å². The van der Waals surface area contributed by atoms with Crippen molar-refractivity contribution >= 4 is 27.3 Å². The number of hydrogen-bond acceptors (Lipinski definition) is 5. The van der Waals surface area contributed by atoms with E-state index in [4.69, 9.17) is 0 Å². The van der Waals surface area contributed by atoms with Crippen LogP contribution in [0.5, 0.6) is 0 Å². The lowest BCUT2D eigenvalue weighted by molar-refractivity contribution is -0.385. The van der Waals surface area contributed by atoms with E-state index in [2.05, 4.69) is 10.0 Å². The number of halogens is 2. The van der Waals surface area contributed by atoms with Crippen molar-refractivity contribution in [3.63, 3.8) is 0 Å². The monoisotopic (exact) mass is 461 g/mol. The summed E-state index contributed by atoms with van der Waals surface area (Å²) in [5, 5.41) is 13.4. The molecule has 8 nitrogen and oxygen atoms in total. The summed E-state index contributed by atoms with van der Waals surface area (Å²) in [7, 11) is -4.23. The molecule has 166 valence electrons. The van der Waals surface area contributed by atoms with Gasteiger partial charge in [0.2, 0.25) is 0 Å². The van der Waals surface area contributed by atoms with Crippen LogP contribution in [0, 0.1) is 21.7 Å². The summed E-state index contributed by atoms with van der Waals surface area (Å²) in [5.74, 6) is -2.13. The van der Waals surface area contributed by atoms with Gasteiger partial charge in [0, 0.05) is 24.2 Å². The largest absolute Gasteiger partial charge is 0.352 e. The number of nitro groups is 1. The predicted octanol–water partition coefficient (Wildman–Crippen LogP) is 3.65. The van der Waals surface area contributed by atoms with Crippen LogP contribution in [-0.2, 0) is 16.4 Å². The number of benzene rings is 3. The molecule has 3 aromatic carbocycles. The molecule has 0 spiro atoms. The molecule has 0 aliphatic rings. The summed E-state index contributed by atoms with van der Waals surface area (Å²) < 4.78 is 55.0.